The van der Waals surface area contributed by atoms with Gasteiger partial charge in [-0.2, -0.15) is 0 Å². The number of likely N-dealkylation sites (tertiary alicyclic amines) is 1. The van der Waals surface area contributed by atoms with Crippen molar-refractivity contribution >= 4 is 22.6 Å². The van der Waals surface area contributed by atoms with Gasteiger partial charge in [-0.1, -0.05) is 18.2 Å². The van der Waals surface area contributed by atoms with Crippen LogP contribution >= 0.6 is 0 Å². The maximum atomic E-state index is 13.1. The predicted molar refractivity (Wildman–Crippen MR) is 117 cm³/mol. The Labute approximate surface area is 180 Å². The molecule has 5 heterocycles. The molecule has 0 bridgehead atoms. The Hall–Kier alpha value is -3.19. The lowest BCUT2D eigenvalue weighted by molar-refractivity contribution is 0.0677. The molecule has 1 unspecified atom stereocenters. The summed E-state index contributed by atoms with van der Waals surface area (Å²) in [6.45, 7) is 2.24. The van der Waals surface area contributed by atoms with E-state index in [4.69, 9.17) is 9.72 Å². The number of rotatable bonds is 3. The van der Waals surface area contributed by atoms with E-state index in [1.165, 1.54) is 0 Å². The monoisotopic (exact) mass is 415 g/mol. The topological polar surface area (TPSA) is 64.7 Å². The van der Waals surface area contributed by atoms with Gasteiger partial charge in [-0.25, -0.2) is 9.97 Å². The number of benzene rings is 1. The van der Waals surface area contributed by atoms with Crippen LogP contribution in [0.3, 0.4) is 0 Å². The molecule has 4 aromatic rings. The van der Waals surface area contributed by atoms with Gasteiger partial charge in [0.1, 0.15) is 23.3 Å². The average molecular weight is 415 g/mol. The molecule has 2 fully saturated rings. The smallest absolute Gasteiger partial charge is 0.274 e. The molecule has 0 radical (unpaired) electrons. The summed E-state index contributed by atoms with van der Waals surface area (Å²) in [5.41, 5.74) is 3.50. The van der Waals surface area contributed by atoms with Crippen LogP contribution in [0.1, 0.15) is 54.1 Å². The van der Waals surface area contributed by atoms with Crippen molar-refractivity contribution in [3.05, 3.63) is 66.4 Å². The first-order valence-corrected chi connectivity index (χ1v) is 11.1. The third-order valence-corrected chi connectivity index (χ3v) is 6.54. The molecule has 0 aliphatic carbocycles. The fourth-order valence-electron chi connectivity index (χ4n) is 4.98. The van der Waals surface area contributed by atoms with Gasteiger partial charge in [-0.15, -0.1) is 0 Å². The van der Waals surface area contributed by atoms with E-state index in [0.29, 0.717) is 11.7 Å². The normalized spacial score (nSPS) is 20.1. The minimum absolute atomic E-state index is 0.0111. The van der Waals surface area contributed by atoms with Gasteiger partial charge in [0.2, 0.25) is 0 Å². The fourth-order valence-corrected chi connectivity index (χ4v) is 4.98. The third-order valence-electron chi connectivity index (χ3n) is 6.54. The van der Waals surface area contributed by atoms with E-state index >= 15 is 0 Å². The number of pyridine rings is 1. The molecule has 1 atom stereocenters. The van der Waals surface area contributed by atoms with Gasteiger partial charge < -0.3 is 18.6 Å². The van der Waals surface area contributed by atoms with Gasteiger partial charge in [0.05, 0.1) is 11.0 Å². The lowest BCUT2D eigenvalue weighted by Crippen LogP contribution is -2.39. The van der Waals surface area contributed by atoms with Gasteiger partial charge >= 0.3 is 0 Å². The summed E-state index contributed by atoms with van der Waals surface area (Å²) >= 11 is 0. The van der Waals surface area contributed by atoms with Crippen LogP contribution in [0.5, 0.6) is 0 Å². The third kappa shape index (κ3) is 3.20. The molecule has 1 aromatic carbocycles. The maximum absolute atomic E-state index is 13.1. The number of para-hydroxylation sites is 2. The standard InChI is InChI=1S/C24H25N5O2/c30-24(19-16-28-12-4-3-9-22(28)25-19)27-13-10-17(11-14-27)29-20-7-2-1-6-18(20)26-23(29)21-8-5-15-31-21/h1-4,6-7,9,12,16-17,21H,5,8,10-11,13-15H2. The molecule has 2 aliphatic heterocycles. The van der Waals surface area contributed by atoms with E-state index in [1.54, 1.807) is 0 Å². The molecule has 6 rings (SSSR count). The summed E-state index contributed by atoms with van der Waals surface area (Å²) in [5.74, 6) is 1.06. The Kier molecular flexibility index (Phi) is 4.49. The van der Waals surface area contributed by atoms with Crippen LogP contribution in [0.4, 0.5) is 0 Å². The summed E-state index contributed by atoms with van der Waals surface area (Å²) in [5, 5.41) is 0. The first kappa shape index (κ1) is 18.6. The Morgan fingerprint density at radius 3 is 2.65 bits per heavy atom. The summed E-state index contributed by atoms with van der Waals surface area (Å²) < 4.78 is 10.3. The number of hydrogen-bond donors (Lipinski definition) is 0. The predicted octanol–water partition coefficient (Wildman–Crippen LogP) is 4.01. The van der Waals surface area contributed by atoms with Crippen molar-refractivity contribution in [1.29, 1.82) is 0 Å². The van der Waals surface area contributed by atoms with Crippen LogP contribution in [0, 0.1) is 0 Å². The number of aromatic nitrogens is 4. The summed E-state index contributed by atoms with van der Waals surface area (Å²) in [6.07, 6.45) is 7.72. The van der Waals surface area contributed by atoms with E-state index in [9.17, 15) is 4.79 Å². The second-order valence-electron chi connectivity index (χ2n) is 8.45. The Balaban J connectivity index is 1.25. The number of fused-ring (bicyclic) bond motifs is 2. The van der Waals surface area contributed by atoms with Crippen LogP contribution in [0.2, 0.25) is 0 Å². The van der Waals surface area contributed by atoms with Crippen molar-refractivity contribution in [2.75, 3.05) is 19.7 Å². The summed E-state index contributed by atoms with van der Waals surface area (Å²) in [4.78, 5) is 24.4. The number of ether oxygens (including phenoxy) is 1. The van der Waals surface area contributed by atoms with Crippen LogP contribution in [0.25, 0.3) is 16.7 Å². The van der Waals surface area contributed by atoms with Crippen molar-refractivity contribution in [1.82, 2.24) is 23.8 Å². The van der Waals surface area contributed by atoms with E-state index in [2.05, 4.69) is 27.8 Å². The average Bonchev–Trinajstić information content (AvgIpc) is 3.56. The second kappa shape index (κ2) is 7.50. The van der Waals surface area contributed by atoms with Gasteiger partial charge in [0, 0.05) is 38.1 Å². The van der Waals surface area contributed by atoms with Crippen LogP contribution in [0.15, 0.2) is 54.9 Å². The molecule has 31 heavy (non-hydrogen) atoms. The van der Waals surface area contributed by atoms with Crippen LogP contribution in [-0.4, -0.2) is 49.4 Å². The minimum atomic E-state index is 0.0111. The van der Waals surface area contributed by atoms with Gasteiger partial charge in [0.15, 0.2) is 0 Å². The molecule has 0 spiro atoms. The number of carbonyl (C=O) groups is 1. The van der Waals surface area contributed by atoms with Crippen LogP contribution in [-0.2, 0) is 4.74 Å². The summed E-state index contributed by atoms with van der Waals surface area (Å²) in [7, 11) is 0. The number of imidazole rings is 2. The number of nitrogens with zero attached hydrogens (tertiary/aromatic N) is 5. The van der Waals surface area contributed by atoms with Crippen molar-refractivity contribution < 1.29 is 9.53 Å². The number of carbonyl (C=O) groups excluding carboxylic acids is 1. The van der Waals surface area contributed by atoms with Crippen molar-refractivity contribution in [2.24, 2.45) is 0 Å². The number of hydrogen-bond acceptors (Lipinski definition) is 4. The molecule has 7 nitrogen and oxygen atoms in total. The van der Waals surface area contributed by atoms with E-state index in [0.717, 1.165) is 67.9 Å². The van der Waals surface area contributed by atoms with Gasteiger partial charge in [0.25, 0.3) is 5.91 Å². The fraction of sp³-hybridized carbons (Fsp3) is 0.375. The quantitative estimate of drug-likeness (QED) is 0.507. The highest BCUT2D eigenvalue weighted by Gasteiger charge is 2.31. The highest BCUT2D eigenvalue weighted by molar-refractivity contribution is 5.93. The zero-order chi connectivity index (χ0) is 20.8. The minimum Gasteiger partial charge on any atom is -0.370 e. The Morgan fingerprint density at radius 2 is 1.84 bits per heavy atom. The highest BCUT2D eigenvalue weighted by atomic mass is 16.5. The number of amides is 1. The molecule has 158 valence electrons. The summed E-state index contributed by atoms with van der Waals surface area (Å²) in [6, 6.07) is 14.4. The van der Waals surface area contributed by atoms with Crippen molar-refractivity contribution in [2.45, 2.75) is 37.8 Å². The molecule has 0 N–H and O–H groups in total. The van der Waals surface area contributed by atoms with E-state index in [-0.39, 0.29) is 12.0 Å². The molecule has 0 saturated carbocycles. The lowest BCUT2D eigenvalue weighted by Gasteiger charge is -2.33. The van der Waals surface area contributed by atoms with Gasteiger partial charge in [-0.05, 0) is 49.9 Å². The first-order valence-electron chi connectivity index (χ1n) is 11.1. The molecule has 2 aliphatic rings. The molecule has 3 aromatic heterocycles. The molecular weight excluding hydrogens is 390 g/mol. The zero-order valence-electron chi connectivity index (χ0n) is 17.4. The Morgan fingerprint density at radius 1 is 1.00 bits per heavy atom. The van der Waals surface area contributed by atoms with Crippen LogP contribution < -0.4 is 0 Å². The second-order valence-corrected chi connectivity index (χ2v) is 8.45. The van der Waals surface area contributed by atoms with Gasteiger partial charge in [-0.3, -0.25) is 4.79 Å². The molecule has 1 amide bonds. The maximum Gasteiger partial charge on any atom is 0.274 e. The molecule has 2 saturated heterocycles. The molecule has 7 heteroatoms. The van der Waals surface area contributed by atoms with Crippen molar-refractivity contribution in [3.63, 3.8) is 0 Å². The van der Waals surface area contributed by atoms with Crippen molar-refractivity contribution in [3.8, 4) is 0 Å². The highest BCUT2D eigenvalue weighted by Crippen LogP contribution is 2.35. The van der Waals surface area contributed by atoms with E-state index < -0.39 is 0 Å². The number of piperidine rings is 1. The SMILES string of the molecule is O=C(c1cn2ccccc2n1)N1CCC(n2c(C3CCCO3)nc3ccccc32)CC1. The lowest BCUT2D eigenvalue weighted by atomic mass is 10.0. The molecular formula is C24H25N5O2. The van der Waals surface area contributed by atoms with E-state index in [1.807, 2.05) is 46.0 Å². The zero-order valence-corrected chi connectivity index (χ0v) is 17.4. The largest absolute Gasteiger partial charge is 0.370 e. The first-order chi connectivity index (χ1) is 15.3. The Bertz CT molecular complexity index is 1210.